The van der Waals surface area contributed by atoms with E-state index in [1.54, 1.807) is 43.3 Å². The van der Waals surface area contributed by atoms with E-state index >= 15 is 0 Å². The van der Waals surface area contributed by atoms with Crippen LogP contribution in [-0.4, -0.2) is 22.5 Å². The molecule has 2 aromatic carbocycles. The summed E-state index contributed by atoms with van der Waals surface area (Å²) in [6.07, 6.45) is 4.52. The fraction of sp³-hybridized carbons (Fsp3) is 0.333. The topological polar surface area (TPSA) is 93.5 Å². The Hall–Kier alpha value is -3.00. The van der Waals surface area contributed by atoms with Crippen molar-refractivity contribution in [2.75, 3.05) is 11.9 Å². The van der Waals surface area contributed by atoms with Crippen molar-refractivity contribution in [3.63, 3.8) is 0 Å². The Balaban J connectivity index is 1.90. The second-order valence-electron chi connectivity index (χ2n) is 6.62. The van der Waals surface area contributed by atoms with Crippen molar-refractivity contribution in [1.82, 2.24) is 5.32 Å². The van der Waals surface area contributed by atoms with Crippen molar-refractivity contribution in [2.45, 2.75) is 39.5 Å². The van der Waals surface area contributed by atoms with Crippen LogP contribution in [0.4, 0.5) is 11.4 Å². The van der Waals surface area contributed by atoms with Gasteiger partial charge < -0.3 is 10.1 Å². The third-order valence-electron chi connectivity index (χ3n) is 4.21. The fourth-order valence-corrected chi connectivity index (χ4v) is 2.85. The number of nitrogens with zero attached hydrogens (tertiary/aromatic N) is 1. The number of anilines is 1. The summed E-state index contributed by atoms with van der Waals surface area (Å²) in [7, 11) is 0. The van der Waals surface area contributed by atoms with E-state index in [2.05, 4.69) is 17.6 Å². The number of hydrogen-bond acceptors (Lipinski definition) is 5. The summed E-state index contributed by atoms with van der Waals surface area (Å²) in [6, 6.07) is 11.5. The minimum absolute atomic E-state index is 0.0156. The van der Waals surface area contributed by atoms with Crippen LogP contribution in [0.25, 0.3) is 0 Å². The largest absolute Gasteiger partial charge is 0.494 e. The Morgan fingerprint density at radius 3 is 2.52 bits per heavy atom. The lowest BCUT2D eigenvalue weighted by Crippen LogP contribution is -2.34. The number of unbranched alkanes of at least 4 members (excludes halogenated alkanes) is 3. The number of ether oxygens (including phenoxy) is 1. The highest BCUT2D eigenvalue weighted by Crippen LogP contribution is 2.25. The van der Waals surface area contributed by atoms with Crippen LogP contribution >= 0.6 is 12.2 Å². The van der Waals surface area contributed by atoms with Gasteiger partial charge in [-0.25, -0.2) is 0 Å². The van der Waals surface area contributed by atoms with E-state index in [0.717, 1.165) is 18.4 Å². The average molecular weight is 416 g/mol. The summed E-state index contributed by atoms with van der Waals surface area (Å²) >= 11 is 5.12. The molecule has 29 heavy (non-hydrogen) atoms. The normalized spacial score (nSPS) is 10.3. The van der Waals surface area contributed by atoms with Crippen LogP contribution in [0, 0.1) is 17.0 Å². The number of benzene rings is 2. The molecular weight excluding hydrogens is 390 g/mol. The standard InChI is InChI=1S/C21H25N3O4S/c1-3-4-5-6-13-28-17-10-8-16(9-11-17)20(25)23-21(29)22-18-12-7-15(2)14-19(18)24(26)27/h7-12,14H,3-6,13H2,1-2H3,(H2,22,23,25,29). The van der Waals surface area contributed by atoms with E-state index in [9.17, 15) is 14.9 Å². The zero-order chi connectivity index (χ0) is 21.2. The van der Waals surface area contributed by atoms with Gasteiger partial charge in [-0.2, -0.15) is 0 Å². The van der Waals surface area contributed by atoms with Crippen LogP contribution in [-0.2, 0) is 0 Å². The van der Waals surface area contributed by atoms with Crippen molar-refractivity contribution in [3.8, 4) is 5.75 Å². The summed E-state index contributed by atoms with van der Waals surface area (Å²) < 4.78 is 5.66. The molecule has 0 bridgehead atoms. The molecule has 0 aromatic heterocycles. The smallest absolute Gasteiger partial charge is 0.292 e. The molecule has 0 aliphatic rings. The molecule has 0 saturated carbocycles. The molecular formula is C21H25N3O4S. The van der Waals surface area contributed by atoms with Gasteiger partial charge in [-0.1, -0.05) is 32.3 Å². The van der Waals surface area contributed by atoms with Crippen LogP contribution in [0.3, 0.4) is 0 Å². The molecule has 0 atom stereocenters. The number of rotatable bonds is 9. The molecule has 0 saturated heterocycles. The lowest BCUT2D eigenvalue weighted by molar-refractivity contribution is -0.383. The van der Waals surface area contributed by atoms with Crippen LogP contribution in [0.15, 0.2) is 42.5 Å². The van der Waals surface area contributed by atoms with Gasteiger partial charge in [0.25, 0.3) is 11.6 Å². The lowest BCUT2D eigenvalue weighted by atomic mass is 10.2. The molecule has 1 amide bonds. The Morgan fingerprint density at radius 1 is 1.14 bits per heavy atom. The SMILES string of the molecule is CCCCCCOc1ccc(C(=O)NC(=S)Nc2ccc(C)cc2[N+](=O)[O-])cc1. The number of aryl methyl sites for hydroxylation is 1. The second kappa shape index (κ2) is 11.1. The number of thiocarbonyl (C=S) groups is 1. The number of amides is 1. The highest BCUT2D eigenvalue weighted by molar-refractivity contribution is 7.80. The minimum atomic E-state index is -0.499. The molecule has 0 radical (unpaired) electrons. The average Bonchev–Trinajstić information content (AvgIpc) is 2.69. The number of hydrogen-bond donors (Lipinski definition) is 2. The lowest BCUT2D eigenvalue weighted by Gasteiger charge is -2.11. The Bertz CT molecular complexity index is 869. The molecule has 0 aliphatic heterocycles. The van der Waals surface area contributed by atoms with E-state index in [4.69, 9.17) is 17.0 Å². The summed E-state index contributed by atoms with van der Waals surface area (Å²) in [5.74, 6) is 0.292. The molecule has 2 rings (SSSR count). The molecule has 0 unspecified atom stereocenters. The maximum Gasteiger partial charge on any atom is 0.292 e. The zero-order valence-corrected chi connectivity index (χ0v) is 17.4. The zero-order valence-electron chi connectivity index (χ0n) is 16.6. The van der Waals surface area contributed by atoms with Gasteiger partial charge in [0.1, 0.15) is 11.4 Å². The van der Waals surface area contributed by atoms with Gasteiger partial charge in [-0.3, -0.25) is 20.2 Å². The number of nitro benzene ring substituents is 1. The molecule has 154 valence electrons. The van der Waals surface area contributed by atoms with E-state index in [1.165, 1.54) is 18.9 Å². The van der Waals surface area contributed by atoms with Crippen molar-refractivity contribution < 1.29 is 14.5 Å². The Morgan fingerprint density at radius 2 is 1.86 bits per heavy atom. The molecule has 2 aromatic rings. The first kappa shape index (κ1) is 22.3. The minimum Gasteiger partial charge on any atom is -0.494 e. The highest BCUT2D eigenvalue weighted by Gasteiger charge is 2.16. The van der Waals surface area contributed by atoms with Crippen LogP contribution in [0.5, 0.6) is 5.75 Å². The first-order valence-electron chi connectivity index (χ1n) is 9.51. The molecule has 8 heteroatoms. The van der Waals surface area contributed by atoms with E-state index in [-0.39, 0.29) is 16.5 Å². The van der Waals surface area contributed by atoms with E-state index < -0.39 is 10.8 Å². The van der Waals surface area contributed by atoms with Crippen molar-refractivity contribution >= 4 is 34.6 Å². The predicted molar refractivity (Wildman–Crippen MR) is 118 cm³/mol. The summed E-state index contributed by atoms with van der Waals surface area (Å²) in [4.78, 5) is 23.0. The van der Waals surface area contributed by atoms with Crippen LogP contribution in [0.2, 0.25) is 0 Å². The van der Waals surface area contributed by atoms with Crippen molar-refractivity contribution in [1.29, 1.82) is 0 Å². The Labute approximate surface area is 175 Å². The van der Waals surface area contributed by atoms with Gasteiger partial charge in [0.05, 0.1) is 11.5 Å². The van der Waals surface area contributed by atoms with Gasteiger partial charge in [-0.05, 0) is 61.5 Å². The van der Waals surface area contributed by atoms with Crippen molar-refractivity contribution in [3.05, 3.63) is 63.7 Å². The quantitative estimate of drug-likeness (QED) is 0.259. The van der Waals surface area contributed by atoms with E-state index in [0.29, 0.717) is 17.9 Å². The van der Waals surface area contributed by atoms with Gasteiger partial charge >= 0.3 is 0 Å². The van der Waals surface area contributed by atoms with Gasteiger partial charge in [0.15, 0.2) is 5.11 Å². The number of nitro groups is 1. The molecule has 0 heterocycles. The summed E-state index contributed by atoms with van der Waals surface area (Å²) in [5, 5.41) is 16.4. The molecule has 0 aliphatic carbocycles. The third-order valence-corrected chi connectivity index (χ3v) is 4.41. The van der Waals surface area contributed by atoms with E-state index in [1.807, 2.05) is 0 Å². The summed E-state index contributed by atoms with van der Waals surface area (Å²) in [6.45, 7) is 4.57. The predicted octanol–water partition coefficient (Wildman–Crippen LogP) is 4.99. The summed E-state index contributed by atoms with van der Waals surface area (Å²) in [5.41, 5.74) is 1.27. The number of carbonyl (C=O) groups excluding carboxylic acids is 1. The molecule has 0 fully saturated rings. The third kappa shape index (κ3) is 7.15. The Kier molecular flexibility index (Phi) is 8.54. The number of nitrogens with one attached hydrogen (secondary N) is 2. The first-order chi connectivity index (χ1) is 13.9. The highest BCUT2D eigenvalue weighted by atomic mass is 32.1. The second-order valence-corrected chi connectivity index (χ2v) is 7.03. The van der Waals surface area contributed by atoms with Gasteiger partial charge in [0, 0.05) is 11.6 Å². The van der Waals surface area contributed by atoms with Crippen LogP contribution in [0.1, 0.15) is 48.5 Å². The fourth-order valence-electron chi connectivity index (χ4n) is 2.65. The van der Waals surface area contributed by atoms with Gasteiger partial charge in [0.2, 0.25) is 0 Å². The molecule has 0 spiro atoms. The van der Waals surface area contributed by atoms with Crippen molar-refractivity contribution in [2.24, 2.45) is 0 Å². The molecule has 2 N–H and O–H groups in total. The van der Waals surface area contributed by atoms with Crippen LogP contribution < -0.4 is 15.4 Å². The number of carbonyl (C=O) groups is 1. The monoisotopic (exact) mass is 415 g/mol. The van der Waals surface area contributed by atoms with Gasteiger partial charge in [-0.15, -0.1) is 0 Å². The molecule has 7 nitrogen and oxygen atoms in total. The first-order valence-corrected chi connectivity index (χ1v) is 9.91. The maximum atomic E-state index is 12.3. The maximum absolute atomic E-state index is 12.3.